The molecule has 1 nitrogen and oxygen atoms in total. The Hall–Kier alpha value is -0.820. The standard InChI is InChI=1S/C19H31N/c1-15-6-5-12-19(20,13-11-15)14-16-7-9-17(10-8-16)18(2,3)4/h7-10,15H,5-6,11-14,20H2,1-4H3. The maximum absolute atomic E-state index is 6.68. The predicted octanol–water partition coefficient (Wildman–Crippen LogP) is 4.82. The van der Waals surface area contributed by atoms with Crippen molar-refractivity contribution in [3.63, 3.8) is 0 Å². The summed E-state index contributed by atoms with van der Waals surface area (Å²) < 4.78 is 0. The first kappa shape index (κ1) is 15.6. The normalized spacial score (nSPS) is 28.1. The molecule has 1 heteroatoms. The van der Waals surface area contributed by atoms with Crippen LogP contribution in [-0.4, -0.2) is 5.54 Å². The van der Waals surface area contributed by atoms with Crippen molar-refractivity contribution in [1.29, 1.82) is 0 Å². The van der Waals surface area contributed by atoms with Crippen LogP contribution in [0.15, 0.2) is 24.3 Å². The zero-order chi connectivity index (χ0) is 14.8. The first-order valence-electron chi connectivity index (χ1n) is 8.17. The maximum atomic E-state index is 6.68. The molecule has 1 aromatic carbocycles. The van der Waals surface area contributed by atoms with Gasteiger partial charge in [0.25, 0.3) is 0 Å². The minimum absolute atomic E-state index is 0.0218. The summed E-state index contributed by atoms with van der Waals surface area (Å²) in [5, 5.41) is 0. The Bertz CT molecular complexity index is 426. The average molecular weight is 273 g/mol. The summed E-state index contributed by atoms with van der Waals surface area (Å²) >= 11 is 0. The van der Waals surface area contributed by atoms with Crippen molar-refractivity contribution in [3.8, 4) is 0 Å². The SMILES string of the molecule is CC1CCCC(N)(Cc2ccc(C(C)(C)C)cc2)CC1. The van der Waals surface area contributed by atoms with Gasteiger partial charge < -0.3 is 5.73 Å². The molecule has 0 spiro atoms. The van der Waals surface area contributed by atoms with Gasteiger partial charge in [-0.15, -0.1) is 0 Å². The smallest absolute Gasteiger partial charge is 0.0195 e. The fraction of sp³-hybridized carbons (Fsp3) is 0.684. The molecule has 0 radical (unpaired) electrons. The number of nitrogens with two attached hydrogens (primary N) is 1. The molecule has 0 saturated heterocycles. The van der Waals surface area contributed by atoms with Crippen molar-refractivity contribution in [1.82, 2.24) is 0 Å². The van der Waals surface area contributed by atoms with Gasteiger partial charge >= 0.3 is 0 Å². The van der Waals surface area contributed by atoms with Gasteiger partial charge in [0.05, 0.1) is 0 Å². The third-order valence-corrected chi connectivity index (χ3v) is 4.88. The fourth-order valence-corrected chi connectivity index (χ4v) is 3.31. The lowest BCUT2D eigenvalue weighted by atomic mass is 9.82. The Kier molecular flexibility index (Phi) is 4.59. The van der Waals surface area contributed by atoms with Crippen molar-refractivity contribution in [2.45, 2.75) is 77.2 Å². The van der Waals surface area contributed by atoms with Crippen LogP contribution < -0.4 is 5.73 Å². The first-order chi connectivity index (χ1) is 9.28. The van der Waals surface area contributed by atoms with Gasteiger partial charge in [-0.2, -0.15) is 0 Å². The zero-order valence-electron chi connectivity index (χ0n) is 13.7. The lowest BCUT2D eigenvalue weighted by Gasteiger charge is -2.29. The zero-order valence-corrected chi connectivity index (χ0v) is 13.7. The fourth-order valence-electron chi connectivity index (χ4n) is 3.31. The van der Waals surface area contributed by atoms with Gasteiger partial charge in [-0.1, -0.05) is 64.8 Å². The quantitative estimate of drug-likeness (QED) is 0.768. The van der Waals surface area contributed by atoms with E-state index in [1.54, 1.807) is 0 Å². The second kappa shape index (κ2) is 5.89. The Labute approximate surface area is 125 Å². The van der Waals surface area contributed by atoms with Gasteiger partial charge in [-0.3, -0.25) is 0 Å². The van der Waals surface area contributed by atoms with E-state index in [0.717, 1.165) is 12.3 Å². The van der Waals surface area contributed by atoms with Crippen molar-refractivity contribution in [2.75, 3.05) is 0 Å². The summed E-state index contributed by atoms with van der Waals surface area (Å²) in [6.07, 6.45) is 7.31. The lowest BCUT2D eigenvalue weighted by molar-refractivity contribution is 0.363. The van der Waals surface area contributed by atoms with Gasteiger partial charge in [0, 0.05) is 5.54 Å². The van der Waals surface area contributed by atoms with E-state index >= 15 is 0 Å². The van der Waals surface area contributed by atoms with Crippen LogP contribution in [0.4, 0.5) is 0 Å². The molecule has 1 aromatic rings. The lowest BCUT2D eigenvalue weighted by Crippen LogP contribution is -2.41. The molecule has 112 valence electrons. The predicted molar refractivity (Wildman–Crippen MR) is 88.0 cm³/mol. The summed E-state index contributed by atoms with van der Waals surface area (Å²) in [6, 6.07) is 9.11. The number of hydrogen-bond donors (Lipinski definition) is 1. The van der Waals surface area contributed by atoms with E-state index in [0.29, 0.717) is 0 Å². The minimum atomic E-state index is 0.0218. The number of hydrogen-bond acceptors (Lipinski definition) is 1. The van der Waals surface area contributed by atoms with Crippen molar-refractivity contribution < 1.29 is 0 Å². The second-order valence-electron chi connectivity index (χ2n) is 8.02. The Balaban J connectivity index is 2.05. The minimum Gasteiger partial charge on any atom is -0.325 e. The highest BCUT2D eigenvalue weighted by atomic mass is 14.7. The average Bonchev–Trinajstić information content (AvgIpc) is 2.51. The van der Waals surface area contributed by atoms with Crippen molar-refractivity contribution in [2.24, 2.45) is 11.7 Å². The molecule has 20 heavy (non-hydrogen) atoms. The van der Waals surface area contributed by atoms with Crippen LogP contribution in [0.2, 0.25) is 0 Å². The largest absolute Gasteiger partial charge is 0.325 e. The molecule has 1 saturated carbocycles. The monoisotopic (exact) mass is 273 g/mol. The first-order valence-corrected chi connectivity index (χ1v) is 8.17. The molecule has 0 aliphatic heterocycles. The number of benzene rings is 1. The molecule has 0 amide bonds. The van der Waals surface area contributed by atoms with Gasteiger partial charge in [0.1, 0.15) is 0 Å². The van der Waals surface area contributed by atoms with Crippen LogP contribution in [-0.2, 0) is 11.8 Å². The van der Waals surface area contributed by atoms with Gasteiger partial charge in [-0.25, -0.2) is 0 Å². The molecule has 1 aliphatic rings. The van der Waals surface area contributed by atoms with Crippen LogP contribution in [0.1, 0.15) is 70.9 Å². The van der Waals surface area contributed by atoms with Crippen molar-refractivity contribution in [3.05, 3.63) is 35.4 Å². The van der Waals surface area contributed by atoms with Crippen LogP contribution in [0.25, 0.3) is 0 Å². The molecule has 2 rings (SSSR count). The second-order valence-corrected chi connectivity index (χ2v) is 8.02. The Morgan fingerprint density at radius 2 is 1.75 bits per heavy atom. The summed E-state index contributed by atoms with van der Waals surface area (Å²) in [5.41, 5.74) is 9.73. The van der Waals surface area contributed by atoms with Crippen LogP contribution in [0.5, 0.6) is 0 Å². The molecule has 2 N–H and O–H groups in total. The van der Waals surface area contributed by atoms with E-state index in [-0.39, 0.29) is 11.0 Å². The van der Waals surface area contributed by atoms with Crippen LogP contribution >= 0.6 is 0 Å². The van der Waals surface area contributed by atoms with E-state index < -0.39 is 0 Å². The van der Waals surface area contributed by atoms with E-state index in [1.807, 2.05) is 0 Å². The summed E-state index contributed by atoms with van der Waals surface area (Å²) in [7, 11) is 0. The highest BCUT2D eigenvalue weighted by molar-refractivity contribution is 5.28. The molecular weight excluding hydrogens is 242 g/mol. The molecule has 0 aromatic heterocycles. The third-order valence-electron chi connectivity index (χ3n) is 4.88. The van der Waals surface area contributed by atoms with E-state index in [4.69, 9.17) is 5.73 Å². The molecule has 1 aliphatic carbocycles. The molecular formula is C19H31N. The van der Waals surface area contributed by atoms with E-state index in [2.05, 4.69) is 52.0 Å². The topological polar surface area (TPSA) is 26.0 Å². The summed E-state index contributed by atoms with van der Waals surface area (Å²) in [4.78, 5) is 0. The van der Waals surface area contributed by atoms with Gasteiger partial charge in [0.2, 0.25) is 0 Å². The molecule has 1 fully saturated rings. The van der Waals surface area contributed by atoms with E-state index in [1.165, 1.54) is 43.2 Å². The Morgan fingerprint density at radius 3 is 2.35 bits per heavy atom. The van der Waals surface area contributed by atoms with Crippen LogP contribution in [0.3, 0.4) is 0 Å². The Morgan fingerprint density at radius 1 is 1.10 bits per heavy atom. The highest BCUT2D eigenvalue weighted by Crippen LogP contribution is 2.31. The molecule has 0 heterocycles. The van der Waals surface area contributed by atoms with E-state index in [9.17, 15) is 0 Å². The van der Waals surface area contributed by atoms with Crippen LogP contribution in [0, 0.1) is 5.92 Å². The third kappa shape index (κ3) is 4.09. The van der Waals surface area contributed by atoms with Gasteiger partial charge in [0.15, 0.2) is 0 Å². The maximum Gasteiger partial charge on any atom is 0.0195 e. The highest BCUT2D eigenvalue weighted by Gasteiger charge is 2.28. The number of rotatable bonds is 2. The summed E-state index contributed by atoms with van der Waals surface area (Å²) in [6.45, 7) is 9.15. The summed E-state index contributed by atoms with van der Waals surface area (Å²) in [5.74, 6) is 0.851. The molecule has 0 bridgehead atoms. The molecule has 2 atom stereocenters. The van der Waals surface area contributed by atoms with Gasteiger partial charge in [-0.05, 0) is 48.1 Å². The molecule has 2 unspecified atom stereocenters. The van der Waals surface area contributed by atoms with Crippen molar-refractivity contribution >= 4 is 0 Å².